The summed E-state index contributed by atoms with van der Waals surface area (Å²) in [5, 5.41) is 34.9. The minimum absolute atomic E-state index is 0.0671. The van der Waals surface area contributed by atoms with E-state index in [1.807, 2.05) is 0 Å². The highest BCUT2D eigenvalue weighted by Crippen LogP contribution is 1.91. The number of carbonyl (C=O) groups is 3. The average molecular weight is 250 g/mol. The molecule has 0 saturated carbocycles. The lowest BCUT2D eigenvalue weighted by Crippen LogP contribution is -2.40. The average Bonchev–Trinajstić information content (AvgIpc) is 2.11. The van der Waals surface area contributed by atoms with E-state index in [1.165, 1.54) is 0 Å². The molecule has 0 aromatic rings. The molecule has 0 rings (SSSR count). The highest BCUT2D eigenvalue weighted by atomic mass is 16.5. The number of hydrogen-bond acceptors (Lipinski definition) is 6. The van der Waals surface area contributed by atoms with Gasteiger partial charge in [0.1, 0.15) is 6.54 Å². The summed E-state index contributed by atoms with van der Waals surface area (Å²) in [4.78, 5) is 32.1. The van der Waals surface area contributed by atoms with Gasteiger partial charge in [0.25, 0.3) is 0 Å². The van der Waals surface area contributed by atoms with Gasteiger partial charge in [0, 0.05) is 13.1 Å². The maximum absolute atomic E-state index is 10.4. The number of carboxylic acids is 3. The van der Waals surface area contributed by atoms with Crippen LogP contribution < -0.4 is 0 Å². The Bertz CT molecular complexity index is 278. The van der Waals surface area contributed by atoms with E-state index < -0.39 is 37.5 Å². The van der Waals surface area contributed by atoms with E-state index in [0.29, 0.717) is 5.06 Å². The molecular formula is C8H14N2O7. The number of nitrogens with zero attached hydrogens (tertiary/aromatic N) is 2. The lowest BCUT2D eigenvalue weighted by molar-refractivity contribution is -0.155. The van der Waals surface area contributed by atoms with E-state index in [-0.39, 0.29) is 13.1 Å². The molecule has 0 saturated heterocycles. The van der Waals surface area contributed by atoms with Crippen molar-refractivity contribution in [2.24, 2.45) is 0 Å². The van der Waals surface area contributed by atoms with Crippen LogP contribution in [0, 0.1) is 0 Å². The van der Waals surface area contributed by atoms with Crippen molar-refractivity contribution in [2.45, 2.75) is 0 Å². The highest BCUT2D eigenvalue weighted by Gasteiger charge is 2.15. The second-order valence-electron chi connectivity index (χ2n) is 3.28. The van der Waals surface area contributed by atoms with Crippen molar-refractivity contribution in [2.75, 3.05) is 32.7 Å². The van der Waals surface area contributed by atoms with Crippen LogP contribution in [0.1, 0.15) is 0 Å². The molecule has 98 valence electrons. The van der Waals surface area contributed by atoms with E-state index in [4.69, 9.17) is 20.5 Å². The fraction of sp³-hybridized carbons (Fsp3) is 0.625. The first-order valence-electron chi connectivity index (χ1n) is 4.62. The quantitative estimate of drug-likeness (QED) is 0.350. The molecule has 0 radical (unpaired) electrons. The third kappa shape index (κ3) is 9.23. The molecule has 0 aliphatic carbocycles. The summed E-state index contributed by atoms with van der Waals surface area (Å²) in [6.07, 6.45) is 0. The second kappa shape index (κ2) is 7.54. The van der Waals surface area contributed by atoms with E-state index in [1.54, 1.807) is 0 Å². The molecule has 9 heteroatoms. The highest BCUT2D eigenvalue weighted by molar-refractivity contribution is 5.72. The van der Waals surface area contributed by atoms with E-state index >= 15 is 0 Å². The number of rotatable bonds is 9. The first-order chi connectivity index (χ1) is 7.81. The first kappa shape index (κ1) is 15.3. The monoisotopic (exact) mass is 250 g/mol. The van der Waals surface area contributed by atoms with Crippen molar-refractivity contribution in [3.63, 3.8) is 0 Å². The Kier molecular flexibility index (Phi) is 6.79. The van der Waals surface area contributed by atoms with Crippen molar-refractivity contribution < 1.29 is 34.9 Å². The predicted octanol–water partition coefficient (Wildman–Crippen LogP) is -1.77. The van der Waals surface area contributed by atoms with Crippen molar-refractivity contribution in [1.29, 1.82) is 0 Å². The van der Waals surface area contributed by atoms with Gasteiger partial charge in [0.2, 0.25) is 0 Å². The topological polar surface area (TPSA) is 139 Å². The molecule has 0 fully saturated rings. The zero-order valence-corrected chi connectivity index (χ0v) is 8.94. The van der Waals surface area contributed by atoms with Gasteiger partial charge in [-0.1, -0.05) is 0 Å². The molecule has 0 bridgehead atoms. The Hall–Kier alpha value is -1.71. The van der Waals surface area contributed by atoms with Gasteiger partial charge in [0.15, 0.2) is 0 Å². The van der Waals surface area contributed by atoms with Crippen LogP contribution >= 0.6 is 0 Å². The molecule has 4 N–H and O–H groups in total. The Labute approximate surface area is 96.4 Å². The molecule has 0 amide bonds. The summed E-state index contributed by atoms with van der Waals surface area (Å²) < 4.78 is 0. The van der Waals surface area contributed by atoms with Crippen LogP contribution in [0.25, 0.3) is 0 Å². The summed E-state index contributed by atoms with van der Waals surface area (Å²) in [7, 11) is 0. The molecule has 0 aromatic heterocycles. The summed E-state index contributed by atoms with van der Waals surface area (Å²) in [6, 6.07) is 0. The van der Waals surface area contributed by atoms with Gasteiger partial charge in [-0.15, -0.1) is 0 Å². The Morgan fingerprint density at radius 3 is 1.53 bits per heavy atom. The normalized spacial score (nSPS) is 10.8. The Balaban J connectivity index is 4.10. The van der Waals surface area contributed by atoms with Gasteiger partial charge in [-0.3, -0.25) is 19.3 Å². The van der Waals surface area contributed by atoms with E-state index in [2.05, 4.69) is 0 Å². The summed E-state index contributed by atoms with van der Waals surface area (Å²) in [6.45, 7) is -1.83. The molecule has 9 nitrogen and oxygen atoms in total. The molecule has 0 heterocycles. The van der Waals surface area contributed by atoms with Crippen LogP contribution in [0.2, 0.25) is 0 Å². The maximum Gasteiger partial charge on any atom is 0.320 e. The number of carboxylic acid groups (broad SMARTS) is 3. The molecule has 0 spiro atoms. The van der Waals surface area contributed by atoms with Crippen LogP contribution in [0.4, 0.5) is 0 Å². The van der Waals surface area contributed by atoms with Crippen LogP contribution in [-0.2, 0) is 14.4 Å². The van der Waals surface area contributed by atoms with Gasteiger partial charge < -0.3 is 20.5 Å². The van der Waals surface area contributed by atoms with Crippen LogP contribution in [0.15, 0.2) is 0 Å². The SMILES string of the molecule is O=C(O)CN(O)CCN(CC(=O)O)CC(=O)O. The van der Waals surface area contributed by atoms with Gasteiger partial charge in [-0.2, -0.15) is 5.06 Å². The van der Waals surface area contributed by atoms with Crippen LogP contribution in [-0.4, -0.2) is 81.1 Å². The lowest BCUT2D eigenvalue weighted by Gasteiger charge is -2.20. The number of hydroxylamine groups is 2. The third-order valence-corrected chi connectivity index (χ3v) is 1.71. The number of aliphatic carboxylic acids is 3. The van der Waals surface area contributed by atoms with Crippen molar-refractivity contribution in [3.05, 3.63) is 0 Å². The maximum atomic E-state index is 10.4. The van der Waals surface area contributed by atoms with Gasteiger partial charge in [0.05, 0.1) is 13.1 Å². The van der Waals surface area contributed by atoms with E-state index in [9.17, 15) is 14.4 Å². The van der Waals surface area contributed by atoms with Crippen LogP contribution in [0.3, 0.4) is 0 Å². The summed E-state index contributed by atoms with van der Waals surface area (Å²) >= 11 is 0. The standard InChI is InChI=1S/C8H14N2O7/c11-6(12)3-9(4-7(13)14)1-2-10(17)5-8(15)16/h17H,1-5H2,(H,11,12)(H,13,14)(H,15,16). The Morgan fingerprint density at radius 2 is 1.18 bits per heavy atom. The summed E-state index contributed by atoms with van der Waals surface area (Å²) in [5.74, 6) is -3.64. The van der Waals surface area contributed by atoms with Crippen molar-refractivity contribution >= 4 is 17.9 Å². The molecule has 0 atom stereocenters. The molecule has 17 heavy (non-hydrogen) atoms. The fourth-order valence-electron chi connectivity index (χ4n) is 1.09. The minimum Gasteiger partial charge on any atom is -0.480 e. The van der Waals surface area contributed by atoms with Crippen LogP contribution in [0.5, 0.6) is 0 Å². The lowest BCUT2D eigenvalue weighted by atomic mass is 10.4. The van der Waals surface area contributed by atoms with Crippen molar-refractivity contribution in [1.82, 2.24) is 9.96 Å². The Morgan fingerprint density at radius 1 is 0.765 bits per heavy atom. The summed E-state index contributed by atoms with van der Waals surface area (Å²) in [5.41, 5.74) is 0. The van der Waals surface area contributed by atoms with Crippen molar-refractivity contribution in [3.8, 4) is 0 Å². The molecule has 0 aliphatic rings. The zero-order valence-electron chi connectivity index (χ0n) is 8.94. The predicted molar refractivity (Wildman–Crippen MR) is 52.7 cm³/mol. The van der Waals surface area contributed by atoms with Gasteiger partial charge >= 0.3 is 17.9 Å². The minimum atomic E-state index is -1.24. The smallest absolute Gasteiger partial charge is 0.320 e. The largest absolute Gasteiger partial charge is 0.480 e. The fourth-order valence-corrected chi connectivity index (χ4v) is 1.09. The molecular weight excluding hydrogens is 236 g/mol. The first-order valence-corrected chi connectivity index (χ1v) is 4.62. The van der Waals surface area contributed by atoms with Gasteiger partial charge in [-0.25, -0.2) is 0 Å². The number of hydrogen-bond donors (Lipinski definition) is 4. The second-order valence-corrected chi connectivity index (χ2v) is 3.28. The van der Waals surface area contributed by atoms with E-state index in [0.717, 1.165) is 4.90 Å². The molecule has 0 unspecified atom stereocenters. The van der Waals surface area contributed by atoms with Gasteiger partial charge in [-0.05, 0) is 0 Å². The molecule has 0 aromatic carbocycles. The zero-order chi connectivity index (χ0) is 13.4. The third-order valence-electron chi connectivity index (χ3n) is 1.71. The molecule has 0 aliphatic heterocycles.